The van der Waals surface area contributed by atoms with Gasteiger partial charge < -0.3 is 10.1 Å². The van der Waals surface area contributed by atoms with Crippen LogP contribution in [0.4, 0.5) is 5.69 Å². The molecular weight excluding hydrogens is 408 g/mol. The van der Waals surface area contributed by atoms with Crippen LogP contribution >= 0.6 is 11.8 Å². The maximum Gasteiger partial charge on any atom is 0.340 e. The van der Waals surface area contributed by atoms with Crippen LogP contribution in [-0.2, 0) is 16.0 Å². The molecule has 0 bridgehead atoms. The van der Waals surface area contributed by atoms with Crippen molar-refractivity contribution in [3.05, 3.63) is 89.5 Å². The first kappa shape index (κ1) is 22.1. The number of hydrogen-bond donors (Lipinski definition) is 1. The summed E-state index contributed by atoms with van der Waals surface area (Å²) in [5.74, 6) is -1.00. The third-order valence-electron chi connectivity index (χ3n) is 4.62. The van der Waals surface area contributed by atoms with E-state index in [0.29, 0.717) is 21.7 Å². The molecule has 0 saturated heterocycles. The Kier molecular flexibility index (Phi) is 7.47. The standard InChI is InChI=1S/C25H22N2O3S/c1-3-18-12-14-20(15-13-18)27-24(28)17(2)30-25(29)21-9-5-7-11-23(21)31-22-10-6-4-8-19(22)16-26/h4-15,17H,3H2,1-2H3,(H,27,28)/t17-/m0/s1. The average molecular weight is 431 g/mol. The van der Waals surface area contributed by atoms with Crippen molar-refractivity contribution < 1.29 is 14.3 Å². The molecule has 0 saturated carbocycles. The van der Waals surface area contributed by atoms with Crippen LogP contribution in [0.1, 0.15) is 35.3 Å². The molecule has 31 heavy (non-hydrogen) atoms. The first-order valence-corrected chi connectivity index (χ1v) is 10.7. The van der Waals surface area contributed by atoms with E-state index < -0.39 is 18.0 Å². The van der Waals surface area contributed by atoms with Crippen molar-refractivity contribution in [3.63, 3.8) is 0 Å². The molecule has 0 unspecified atom stereocenters. The Hall–Kier alpha value is -3.56. The number of nitriles is 1. The normalized spacial score (nSPS) is 11.3. The van der Waals surface area contributed by atoms with E-state index in [9.17, 15) is 14.9 Å². The SMILES string of the molecule is CCc1ccc(NC(=O)[C@H](C)OC(=O)c2ccccc2Sc2ccccc2C#N)cc1. The molecule has 3 aromatic rings. The van der Waals surface area contributed by atoms with E-state index in [1.165, 1.54) is 24.2 Å². The van der Waals surface area contributed by atoms with Gasteiger partial charge >= 0.3 is 5.97 Å². The summed E-state index contributed by atoms with van der Waals surface area (Å²) in [7, 11) is 0. The second-order valence-corrected chi connectivity index (χ2v) is 7.88. The van der Waals surface area contributed by atoms with Crippen LogP contribution in [0.3, 0.4) is 0 Å². The number of esters is 1. The molecule has 6 heteroatoms. The summed E-state index contributed by atoms with van der Waals surface area (Å²) in [6.07, 6.45) is -0.0544. The lowest BCUT2D eigenvalue weighted by molar-refractivity contribution is -0.123. The quantitative estimate of drug-likeness (QED) is 0.504. The maximum absolute atomic E-state index is 12.8. The van der Waals surface area contributed by atoms with E-state index in [0.717, 1.165) is 11.3 Å². The molecule has 0 spiro atoms. The number of rotatable bonds is 7. The molecule has 0 aromatic heterocycles. The molecule has 5 nitrogen and oxygen atoms in total. The molecular formula is C25H22N2O3S. The van der Waals surface area contributed by atoms with Gasteiger partial charge in [-0.3, -0.25) is 4.79 Å². The lowest BCUT2D eigenvalue weighted by Gasteiger charge is -2.15. The van der Waals surface area contributed by atoms with Gasteiger partial charge in [0.15, 0.2) is 6.10 Å². The maximum atomic E-state index is 12.8. The Morgan fingerprint density at radius 3 is 2.32 bits per heavy atom. The van der Waals surface area contributed by atoms with E-state index in [2.05, 4.69) is 18.3 Å². The highest BCUT2D eigenvalue weighted by atomic mass is 32.2. The number of carbonyl (C=O) groups excluding carboxylic acids is 2. The number of carbonyl (C=O) groups is 2. The van der Waals surface area contributed by atoms with Crippen molar-refractivity contribution in [1.82, 2.24) is 0 Å². The summed E-state index contributed by atoms with van der Waals surface area (Å²) >= 11 is 1.31. The van der Waals surface area contributed by atoms with E-state index in [-0.39, 0.29) is 0 Å². The van der Waals surface area contributed by atoms with Crippen LogP contribution in [0.15, 0.2) is 82.6 Å². The van der Waals surface area contributed by atoms with E-state index >= 15 is 0 Å². The van der Waals surface area contributed by atoms with Gasteiger partial charge in [-0.05, 0) is 55.3 Å². The van der Waals surface area contributed by atoms with Crippen LogP contribution in [-0.4, -0.2) is 18.0 Å². The zero-order chi connectivity index (χ0) is 22.2. The Bertz CT molecular complexity index is 1120. The number of ether oxygens (including phenoxy) is 1. The zero-order valence-corrected chi connectivity index (χ0v) is 18.1. The van der Waals surface area contributed by atoms with Gasteiger partial charge in [-0.2, -0.15) is 5.26 Å². The lowest BCUT2D eigenvalue weighted by atomic mass is 10.1. The first-order chi connectivity index (χ1) is 15.0. The minimum absolute atomic E-state index is 0.340. The van der Waals surface area contributed by atoms with Crippen molar-refractivity contribution >= 4 is 29.3 Å². The summed E-state index contributed by atoms with van der Waals surface area (Å²) in [6, 6.07) is 23.8. The third kappa shape index (κ3) is 5.74. The van der Waals surface area contributed by atoms with Gasteiger partial charge in [0, 0.05) is 15.5 Å². The first-order valence-electron chi connectivity index (χ1n) is 9.88. The number of anilines is 1. The highest BCUT2D eigenvalue weighted by Gasteiger charge is 2.21. The van der Waals surface area contributed by atoms with Crippen molar-refractivity contribution in [2.75, 3.05) is 5.32 Å². The molecule has 1 amide bonds. The summed E-state index contributed by atoms with van der Waals surface area (Å²) in [5, 5.41) is 12.1. The van der Waals surface area contributed by atoms with Crippen LogP contribution < -0.4 is 5.32 Å². The predicted molar refractivity (Wildman–Crippen MR) is 121 cm³/mol. The number of nitrogens with one attached hydrogen (secondary N) is 1. The van der Waals surface area contributed by atoms with Gasteiger partial charge in [0.2, 0.25) is 0 Å². The van der Waals surface area contributed by atoms with Crippen LogP contribution in [0.2, 0.25) is 0 Å². The van der Waals surface area contributed by atoms with Crippen molar-refractivity contribution in [1.29, 1.82) is 5.26 Å². The Labute approximate surface area is 186 Å². The number of nitrogens with zero attached hydrogens (tertiary/aromatic N) is 1. The zero-order valence-electron chi connectivity index (χ0n) is 17.3. The number of hydrogen-bond acceptors (Lipinski definition) is 5. The van der Waals surface area contributed by atoms with E-state index in [1.54, 1.807) is 30.3 Å². The molecule has 1 atom stereocenters. The van der Waals surface area contributed by atoms with Gasteiger partial charge in [-0.15, -0.1) is 0 Å². The fourth-order valence-electron chi connectivity index (χ4n) is 2.84. The monoisotopic (exact) mass is 430 g/mol. The fourth-order valence-corrected chi connectivity index (χ4v) is 3.85. The Balaban J connectivity index is 1.70. The third-order valence-corrected chi connectivity index (χ3v) is 5.77. The minimum atomic E-state index is -0.970. The second kappa shape index (κ2) is 10.5. The second-order valence-electron chi connectivity index (χ2n) is 6.79. The highest BCUT2D eigenvalue weighted by molar-refractivity contribution is 7.99. The number of aryl methyl sites for hydroxylation is 1. The molecule has 0 aliphatic rings. The molecule has 0 heterocycles. The van der Waals surface area contributed by atoms with Gasteiger partial charge in [-0.1, -0.05) is 55.1 Å². The summed E-state index contributed by atoms with van der Waals surface area (Å²) < 4.78 is 5.42. The summed E-state index contributed by atoms with van der Waals surface area (Å²) in [6.45, 7) is 3.60. The topological polar surface area (TPSA) is 79.2 Å². The predicted octanol–water partition coefficient (Wildman–Crippen LogP) is 5.46. The molecule has 0 aliphatic carbocycles. The number of benzene rings is 3. The van der Waals surface area contributed by atoms with Gasteiger partial charge in [0.1, 0.15) is 6.07 Å². The lowest BCUT2D eigenvalue weighted by Crippen LogP contribution is -2.30. The van der Waals surface area contributed by atoms with E-state index in [4.69, 9.17) is 4.74 Å². The van der Waals surface area contributed by atoms with Crippen LogP contribution in [0.25, 0.3) is 0 Å². The molecule has 1 N–H and O–H groups in total. The summed E-state index contributed by atoms with van der Waals surface area (Å²) in [5.41, 5.74) is 2.68. The molecule has 3 rings (SSSR count). The van der Waals surface area contributed by atoms with Crippen molar-refractivity contribution in [2.24, 2.45) is 0 Å². The highest BCUT2D eigenvalue weighted by Crippen LogP contribution is 2.33. The number of amides is 1. The van der Waals surface area contributed by atoms with E-state index in [1.807, 2.05) is 42.5 Å². The Morgan fingerprint density at radius 2 is 1.65 bits per heavy atom. The largest absolute Gasteiger partial charge is 0.449 e. The molecule has 156 valence electrons. The minimum Gasteiger partial charge on any atom is -0.449 e. The van der Waals surface area contributed by atoms with Crippen LogP contribution in [0, 0.1) is 11.3 Å². The van der Waals surface area contributed by atoms with Crippen LogP contribution in [0.5, 0.6) is 0 Å². The van der Waals surface area contributed by atoms with Crippen molar-refractivity contribution in [3.8, 4) is 6.07 Å². The molecule has 0 radical (unpaired) electrons. The molecule has 0 fully saturated rings. The van der Waals surface area contributed by atoms with Crippen molar-refractivity contribution in [2.45, 2.75) is 36.2 Å². The average Bonchev–Trinajstić information content (AvgIpc) is 2.80. The van der Waals surface area contributed by atoms with Gasteiger partial charge in [-0.25, -0.2) is 4.79 Å². The molecule has 0 aliphatic heterocycles. The van der Waals surface area contributed by atoms with Gasteiger partial charge in [0.05, 0.1) is 11.1 Å². The smallest absolute Gasteiger partial charge is 0.340 e. The van der Waals surface area contributed by atoms with Gasteiger partial charge in [0.25, 0.3) is 5.91 Å². The fraction of sp³-hybridized carbons (Fsp3) is 0.160. The molecule has 3 aromatic carbocycles. The summed E-state index contributed by atoms with van der Waals surface area (Å²) in [4.78, 5) is 26.6. The Morgan fingerprint density at radius 1 is 1.00 bits per heavy atom.